The van der Waals surface area contributed by atoms with Crippen molar-refractivity contribution in [3.8, 4) is 17.6 Å². The SMILES string of the molecule is COc1cc(C#N)cc(OCCOC(C)C)c1. The number of methoxy groups -OCH3 is 1. The Morgan fingerprint density at radius 3 is 2.47 bits per heavy atom. The molecule has 0 heterocycles. The molecule has 0 saturated heterocycles. The molecule has 0 aliphatic heterocycles. The Labute approximate surface area is 102 Å². The van der Waals surface area contributed by atoms with Gasteiger partial charge in [0.2, 0.25) is 0 Å². The summed E-state index contributed by atoms with van der Waals surface area (Å²) >= 11 is 0. The maximum atomic E-state index is 8.84. The highest BCUT2D eigenvalue weighted by Crippen LogP contribution is 2.22. The Hall–Kier alpha value is -1.73. The molecule has 0 bridgehead atoms. The molecule has 0 aliphatic rings. The Balaban J connectivity index is 2.55. The first-order valence-corrected chi connectivity index (χ1v) is 5.49. The molecule has 17 heavy (non-hydrogen) atoms. The maximum Gasteiger partial charge on any atom is 0.124 e. The average molecular weight is 235 g/mol. The molecule has 0 saturated carbocycles. The number of benzene rings is 1. The van der Waals surface area contributed by atoms with Gasteiger partial charge in [0.1, 0.15) is 18.1 Å². The second-order valence-corrected chi connectivity index (χ2v) is 3.78. The van der Waals surface area contributed by atoms with Crippen LogP contribution in [0, 0.1) is 11.3 Å². The first kappa shape index (κ1) is 13.3. The smallest absolute Gasteiger partial charge is 0.124 e. The Morgan fingerprint density at radius 2 is 1.88 bits per heavy atom. The lowest BCUT2D eigenvalue weighted by molar-refractivity contribution is 0.0552. The van der Waals surface area contributed by atoms with Gasteiger partial charge in [-0.15, -0.1) is 0 Å². The van der Waals surface area contributed by atoms with Crippen LogP contribution in [0.4, 0.5) is 0 Å². The fourth-order valence-electron chi connectivity index (χ4n) is 1.28. The van der Waals surface area contributed by atoms with E-state index in [4.69, 9.17) is 19.5 Å². The number of ether oxygens (including phenoxy) is 3. The van der Waals surface area contributed by atoms with Gasteiger partial charge in [-0.2, -0.15) is 5.26 Å². The first-order chi connectivity index (χ1) is 8.15. The fourth-order valence-corrected chi connectivity index (χ4v) is 1.28. The minimum Gasteiger partial charge on any atom is -0.497 e. The van der Waals surface area contributed by atoms with Crippen molar-refractivity contribution in [2.24, 2.45) is 0 Å². The number of rotatable bonds is 6. The van der Waals surface area contributed by atoms with Gasteiger partial charge in [-0.3, -0.25) is 0 Å². The van der Waals surface area contributed by atoms with Crippen LogP contribution in [0.25, 0.3) is 0 Å². The molecule has 0 spiro atoms. The molecule has 0 N–H and O–H groups in total. The highest BCUT2D eigenvalue weighted by atomic mass is 16.5. The van der Waals surface area contributed by atoms with E-state index in [9.17, 15) is 0 Å². The molecule has 1 aromatic carbocycles. The Morgan fingerprint density at radius 1 is 1.18 bits per heavy atom. The Kier molecular flexibility index (Phi) is 5.31. The third-order valence-electron chi connectivity index (χ3n) is 2.05. The Bertz CT molecular complexity index is 396. The van der Waals surface area contributed by atoms with Crippen molar-refractivity contribution in [2.45, 2.75) is 20.0 Å². The van der Waals surface area contributed by atoms with Gasteiger partial charge >= 0.3 is 0 Å². The lowest BCUT2D eigenvalue weighted by Gasteiger charge is -2.10. The van der Waals surface area contributed by atoms with E-state index < -0.39 is 0 Å². The van der Waals surface area contributed by atoms with Crippen molar-refractivity contribution in [2.75, 3.05) is 20.3 Å². The molecule has 1 aromatic rings. The van der Waals surface area contributed by atoms with Gasteiger partial charge in [-0.05, 0) is 26.0 Å². The standard InChI is InChI=1S/C13H17NO3/c1-10(2)16-4-5-17-13-7-11(9-14)6-12(8-13)15-3/h6-8,10H,4-5H2,1-3H3. The quantitative estimate of drug-likeness (QED) is 0.710. The van der Waals surface area contributed by atoms with Gasteiger partial charge in [0.05, 0.1) is 31.5 Å². The molecule has 0 aliphatic carbocycles. The predicted molar refractivity (Wildman–Crippen MR) is 64.3 cm³/mol. The van der Waals surface area contributed by atoms with E-state index in [0.717, 1.165) is 0 Å². The van der Waals surface area contributed by atoms with Crippen LogP contribution in [-0.4, -0.2) is 26.4 Å². The van der Waals surface area contributed by atoms with E-state index in [0.29, 0.717) is 30.3 Å². The van der Waals surface area contributed by atoms with E-state index in [2.05, 4.69) is 6.07 Å². The molecule has 92 valence electrons. The van der Waals surface area contributed by atoms with Crippen LogP contribution in [0.5, 0.6) is 11.5 Å². The fraction of sp³-hybridized carbons (Fsp3) is 0.462. The lowest BCUT2D eigenvalue weighted by atomic mass is 10.2. The number of nitrogens with zero attached hydrogens (tertiary/aromatic N) is 1. The molecule has 0 amide bonds. The summed E-state index contributed by atoms with van der Waals surface area (Å²) in [5.41, 5.74) is 0.518. The van der Waals surface area contributed by atoms with Crippen molar-refractivity contribution in [1.29, 1.82) is 5.26 Å². The summed E-state index contributed by atoms with van der Waals surface area (Å²) in [4.78, 5) is 0. The number of nitriles is 1. The minimum atomic E-state index is 0.193. The summed E-state index contributed by atoms with van der Waals surface area (Å²) in [6, 6.07) is 7.15. The van der Waals surface area contributed by atoms with Crippen molar-refractivity contribution in [3.63, 3.8) is 0 Å². The van der Waals surface area contributed by atoms with E-state index in [1.165, 1.54) is 0 Å². The number of hydrogen-bond acceptors (Lipinski definition) is 4. The van der Waals surface area contributed by atoms with Crippen LogP contribution in [0.15, 0.2) is 18.2 Å². The van der Waals surface area contributed by atoms with Crippen LogP contribution in [-0.2, 0) is 4.74 Å². The van der Waals surface area contributed by atoms with Crippen LogP contribution < -0.4 is 9.47 Å². The average Bonchev–Trinajstić information content (AvgIpc) is 2.34. The van der Waals surface area contributed by atoms with Gasteiger partial charge in [0.25, 0.3) is 0 Å². The van der Waals surface area contributed by atoms with Gasteiger partial charge in [0.15, 0.2) is 0 Å². The van der Waals surface area contributed by atoms with Crippen molar-refractivity contribution < 1.29 is 14.2 Å². The largest absolute Gasteiger partial charge is 0.497 e. The molecular formula is C13H17NO3. The van der Waals surface area contributed by atoms with Crippen molar-refractivity contribution in [3.05, 3.63) is 23.8 Å². The lowest BCUT2D eigenvalue weighted by Crippen LogP contribution is -2.11. The van der Waals surface area contributed by atoms with Gasteiger partial charge in [0, 0.05) is 6.07 Å². The molecule has 0 atom stereocenters. The van der Waals surface area contributed by atoms with E-state index in [1.54, 1.807) is 25.3 Å². The molecular weight excluding hydrogens is 218 g/mol. The van der Waals surface area contributed by atoms with E-state index in [1.807, 2.05) is 13.8 Å². The first-order valence-electron chi connectivity index (χ1n) is 5.49. The second kappa shape index (κ2) is 6.77. The monoisotopic (exact) mass is 235 g/mol. The van der Waals surface area contributed by atoms with Gasteiger partial charge < -0.3 is 14.2 Å². The van der Waals surface area contributed by atoms with Crippen molar-refractivity contribution in [1.82, 2.24) is 0 Å². The minimum absolute atomic E-state index is 0.193. The third-order valence-corrected chi connectivity index (χ3v) is 2.05. The normalized spacial score (nSPS) is 10.1. The molecule has 0 fully saturated rings. The van der Waals surface area contributed by atoms with E-state index in [-0.39, 0.29) is 6.10 Å². The summed E-state index contributed by atoms with van der Waals surface area (Å²) in [6.07, 6.45) is 0.193. The summed E-state index contributed by atoms with van der Waals surface area (Å²) in [7, 11) is 1.56. The highest BCUT2D eigenvalue weighted by molar-refractivity contribution is 5.43. The zero-order valence-electron chi connectivity index (χ0n) is 10.4. The molecule has 0 aromatic heterocycles. The molecule has 4 nitrogen and oxygen atoms in total. The zero-order valence-corrected chi connectivity index (χ0v) is 10.4. The van der Waals surface area contributed by atoms with Crippen LogP contribution in [0.2, 0.25) is 0 Å². The van der Waals surface area contributed by atoms with Crippen LogP contribution >= 0.6 is 0 Å². The molecule has 0 radical (unpaired) electrons. The van der Waals surface area contributed by atoms with E-state index >= 15 is 0 Å². The third kappa shape index (κ3) is 4.75. The summed E-state index contributed by atoms with van der Waals surface area (Å²) in [5.74, 6) is 1.23. The molecule has 1 rings (SSSR count). The topological polar surface area (TPSA) is 51.5 Å². The summed E-state index contributed by atoms with van der Waals surface area (Å²) in [5, 5.41) is 8.84. The predicted octanol–water partition coefficient (Wildman–Crippen LogP) is 2.37. The van der Waals surface area contributed by atoms with Crippen molar-refractivity contribution >= 4 is 0 Å². The molecule has 0 unspecified atom stereocenters. The summed E-state index contributed by atoms with van der Waals surface area (Å²) in [6.45, 7) is 4.92. The summed E-state index contributed by atoms with van der Waals surface area (Å²) < 4.78 is 15.9. The van der Waals surface area contributed by atoms with Gasteiger partial charge in [-0.25, -0.2) is 0 Å². The molecule has 4 heteroatoms. The highest BCUT2D eigenvalue weighted by Gasteiger charge is 2.02. The number of hydrogen-bond donors (Lipinski definition) is 0. The van der Waals surface area contributed by atoms with Crippen LogP contribution in [0.3, 0.4) is 0 Å². The maximum absolute atomic E-state index is 8.84. The van der Waals surface area contributed by atoms with Crippen LogP contribution in [0.1, 0.15) is 19.4 Å². The van der Waals surface area contributed by atoms with Gasteiger partial charge in [-0.1, -0.05) is 0 Å². The zero-order chi connectivity index (χ0) is 12.7. The second-order valence-electron chi connectivity index (χ2n) is 3.78.